The minimum Gasteiger partial charge on any atom is -0.391 e. The fourth-order valence-corrected chi connectivity index (χ4v) is 5.18. The van der Waals surface area contributed by atoms with Crippen LogP contribution in [0.5, 0.6) is 0 Å². The molecule has 0 aliphatic carbocycles. The molecule has 3 unspecified atom stereocenters. The van der Waals surface area contributed by atoms with Crippen LogP contribution in [0.25, 0.3) is 11.3 Å². The molecule has 0 radical (unpaired) electrons. The number of hydrogen-bond acceptors (Lipinski definition) is 4. The standard InChI is InChI=1S/C17H22N4O3S/c1-19(2)25(23,24)20-8-7-14(16(22)10-20)17-13-6-4-3-5-12(13)15-9-18-11-21(15)17/h3-6,9,11,14,16-17,22H,7-8,10H2,1-2H3. The van der Waals surface area contributed by atoms with Gasteiger partial charge in [0.2, 0.25) is 0 Å². The molecule has 2 aromatic rings. The number of hydrogen-bond donors (Lipinski definition) is 1. The van der Waals surface area contributed by atoms with E-state index >= 15 is 0 Å². The lowest BCUT2D eigenvalue weighted by Gasteiger charge is -2.39. The Bertz CT molecular complexity index is 893. The summed E-state index contributed by atoms with van der Waals surface area (Å²) in [7, 11) is -0.477. The van der Waals surface area contributed by atoms with Crippen molar-refractivity contribution in [3.8, 4) is 11.3 Å². The second-order valence-corrected chi connectivity index (χ2v) is 9.03. The van der Waals surface area contributed by atoms with E-state index in [9.17, 15) is 13.5 Å². The molecule has 0 spiro atoms. The van der Waals surface area contributed by atoms with Crippen LogP contribution in [-0.4, -0.2) is 65.0 Å². The molecule has 8 heteroatoms. The van der Waals surface area contributed by atoms with Crippen LogP contribution in [0.4, 0.5) is 0 Å². The zero-order chi connectivity index (χ0) is 17.8. The quantitative estimate of drug-likeness (QED) is 0.881. The SMILES string of the molecule is CN(C)S(=O)(=O)N1CCC(C2c3ccccc3-c3cncn32)C(O)C1. The maximum atomic E-state index is 12.3. The average molecular weight is 362 g/mol. The summed E-state index contributed by atoms with van der Waals surface area (Å²) in [5.41, 5.74) is 3.37. The molecule has 3 heterocycles. The molecule has 1 N–H and O–H groups in total. The Kier molecular flexibility index (Phi) is 3.95. The first-order valence-electron chi connectivity index (χ1n) is 8.38. The highest BCUT2D eigenvalue weighted by Crippen LogP contribution is 2.45. The van der Waals surface area contributed by atoms with Crippen molar-refractivity contribution in [2.75, 3.05) is 27.2 Å². The van der Waals surface area contributed by atoms with Crippen LogP contribution in [0, 0.1) is 5.92 Å². The number of β-amino-alcohol motifs (C(OH)–C–C–N with tert-alkyl or cyclic N) is 1. The molecule has 25 heavy (non-hydrogen) atoms. The topological polar surface area (TPSA) is 78.7 Å². The summed E-state index contributed by atoms with van der Waals surface area (Å²) in [6, 6.07) is 8.15. The molecule has 3 atom stereocenters. The number of imidazole rings is 1. The predicted octanol–water partition coefficient (Wildman–Crippen LogP) is 0.942. The van der Waals surface area contributed by atoms with Gasteiger partial charge in [-0.05, 0) is 12.0 Å². The monoisotopic (exact) mass is 362 g/mol. The number of nitrogens with zero attached hydrogens (tertiary/aromatic N) is 4. The van der Waals surface area contributed by atoms with E-state index in [0.29, 0.717) is 13.0 Å². The van der Waals surface area contributed by atoms with Crippen molar-refractivity contribution < 1.29 is 13.5 Å². The van der Waals surface area contributed by atoms with Crippen molar-refractivity contribution in [1.82, 2.24) is 18.2 Å². The molecule has 134 valence electrons. The van der Waals surface area contributed by atoms with Gasteiger partial charge in [0, 0.05) is 38.7 Å². The lowest BCUT2D eigenvalue weighted by molar-refractivity contribution is 0.0329. The molecule has 1 aromatic carbocycles. The lowest BCUT2D eigenvalue weighted by atomic mass is 9.84. The summed E-state index contributed by atoms with van der Waals surface area (Å²) in [5, 5.41) is 10.8. The van der Waals surface area contributed by atoms with Gasteiger partial charge in [0.1, 0.15) is 0 Å². The van der Waals surface area contributed by atoms with Gasteiger partial charge in [0.05, 0.1) is 30.4 Å². The van der Waals surface area contributed by atoms with Crippen LogP contribution in [-0.2, 0) is 10.2 Å². The predicted molar refractivity (Wildman–Crippen MR) is 94.1 cm³/mol. The summed E-state index contributed by atoms with van der Waals surface area (Å²) in [6.07, 6.45) is 3.52. The third kappa shape index (κ3) is 2.52. The molecule has 1 saturated heterocycles. The van der Waals surface area contributed by atoms with Gasteiger partial charge in [-0.25, -0.2) is 4.98 Å². The van der Waals surface area contributed by atoms with Gasteiger partial charge in [-0.2, -0.15) is 17.0 Å². The van der Waals surface area contributed by atoms with Crippen LogP contribution < -0.4 is 0 Å². The Labute approximate surface area is 147 Å². The van der Waals surface area contributed by atoms with E-state index < -0.39 is 16.3 Å². The maximum absolute atomic E-state index is 12.3. The summed E-state index contributed by atoms with van der Waals surface area (Å²) in [4.78, 5) is 4.26. The van der Waals surface area contributed by atoms with E-state index in [1.807, 2.05) is 18.3 Å². The number of aromatic nitrogens is 2. The molecule has 1 fully saturated rings. The molecule has 0 amide bonds. The van der Waals surface area contributed by atoms with Crippen LogP contribution in [0.15, 0.2) is 36.8 Å². The van der Waals surface area contributed by atoms with Crippen LogP contribution in [0.3, 0.4) is 0 Å². The molecule has 0 bridgehead atoms. The summed E-state index contributed by atoms with van der Waals surface area (Å²) in [5.74, 6) is -0.0507. The van der Waals surface area contributed by atoms with Crippen molar-refractivity contribution in [2.45, 2.75) is 18.6 Å². The van der Waals surface area contributed by atoms with E-state index in [2.05, 4.69) is 21.7 Å². The number of benzene rings is 1. The highest BCUT2D eigenvalue weighted by molar-refractivity contribution is 7.86. The van der Waals surface area contributed by atoms with Crippen LogP contribution in [0.2, 0.25) is 0 Å². The zero-order valence-electron chi connectivity index (χ0n) is 14.3. The minimum atomic E-state index is -3.50. The molecule has 2 aliphatic rings. The number of rotatable bonds is 3. The van der Waals surface area contributed by atoms with Gasteiger partial charge in [0.25, 0.3) is 10.2 Å². The number of piperidine rings is 1. The maximum Gasteiger partial charge on any atom is 0.281 e. The normalized spacial score (nSPS) is 26.6. The number of aliphatic hydroxyl groups excluding tert-OH is 1. The van der Waals surface area contributed by atoms with Crippen molar-refractivity contribution in [1.29, 1.82) is 0 Å². The van der Waals surface area contributed by atoms with Crippen molar-refractivity contribution in [3.05, 3.63) is 42.4 Å². The first kappa shape index (κ1) is 16.7. The summed E-state index contributed by atoms with van der Waals surface area (Å²) < 4.78 is 29.3. The Morgan fingerprint density at radius 2 is 2.04 bits per heavy atom. The largest absolute Gasteiger partial charge is 0.391 e. The van der Waals surface area contributed by atoms with Gasteiger partial charge in [0.15, 0.2) is 0 Å². The molecule has 4 rings (SSSR count). The fourth-order valence-electron chi connectivity index (χ4n) is 4.04. The third-order valence-corrected chi connectivity index (χ3v) is 7.22. The van der Waals surface area contributed by atoms with Crippen LogP contribution >= 0.6 is 0 Å². The molecule has 1 aromatic heterocycles. The summed E-state index contributed by atoms with van der Waals surface area (Å²) in [6.45, 7) is 0.527. The van der Waals surface area contributed by atoms with E-state index in [1.165, 1.54) is 28.3 Å². The average Bonchev–Trinajstić information content (AvgIpc) is 3.16. The van der Waals surface area contributed by atoms with Gasteiger partial charge >= 0.3 is 0 Å². The van der Waals surface area contributed by atoms with Gasteiger partial charge in [-0.1, -0.05) is 24.3 Å². The minimum absolute atomic E-state index is 0.00656. The van der Waals surface area contributed by atoms with Gasteiger partial charge in [-0.15, -0.1) is 0 Å². The third-order valence-electron chi connectivity index (χ3n) is 5.31. The van der Waals surface area contributed by atoms with E-state index in [4.69, 9.17) is 0 Å². The van der Waals surface area contributed by atoms with Crippen molar-refractivity contribution in [2.24, 2.45) is 5.92 Å². The molecule has 0 saturated carbocycles. The van der Waals surface area contributed by atoms with Gasteiger partial charge in [-0.3, -0.25) is 0 Å². The smallest absolute Gasteiger partial charge is 0.281 e. The first-order chi connectivity index (χ1) is 11.9. The molecule has 7 nitrogen and oxygen atoms in total. The second kappa shape index (κ2) is 5.91. The Balaban J connectivity index is 1.65. The Hall–Kier alpha value is -1.74. The molecular weight excluding hydrogens is 340 g/mol. The number of aliphatic hydroxyl groups is 1. The highest BCUT2D eigenvalue weighted by Gasteiger charge is 2.42. The summed E-state index contributed by atoms with van der Waals surface area (Å²) >= 11 is 0. The lowest BCUT2D eigenvalue weighted by Crippen LogP contribution is -2.51. The van der Waals surface area contributed by atoms with E-state index in [1.54, 1.807) is 6.33 Å². The Morgan fingerprint density at radius 3 is 2.76 bits per heavy atom. The highest BCUT2D eigenvalue weighted by atomic mass is 32.2. The number of fused-ring (bicyclic) bond motifs is 3. The Morgan fingerprint density at radius 1 is 1.28 bits per heavy atom. The van der Waals surface area contributed by atoms with Gasteiger partial charge < -0.3 is 9.67 Å². The second-order valence-electron chi connectivity index (χ2n) is 6.89. The van der Waals surface area contributed by atoms with Crippen LogP contribution in [0.1, 0.15) is 18.0 Å². The zero-order valence-corrected chi connectivity index (χ0v) is 15.1. The van der Waals surface area contributed by atoms with Crippen molar-refractivity contribution in [3.63, 3.8) is 0 Å². The van der Waals surface area contributed by atoms with E-state index in [0.717, 1.165) is 11.3 Å². The van der Waals surface area contributed by atoms with E-state index in [-0.39, 0.29) is 18.5 Å². The molecular formula is C17H22N4O3S. The fraction of sp³-hybridized carbons (Fsp3) is 0.471. The van der Waals surface area contributed by atoms with Crippen molar-refractivity contribution >= 4 is 10.2 Å². The first-order valence-corrected chi connectivity index (χ1v) is 9.77. The molecule has 2 aliphatic heterocycles.